The first kappa shape index (κ1) is 18.0. The molecule has 2 unspecified atom stereocenters. The fourth-order valence-corrected chi connectivity index (χ4v) is 2.95. The Bertz CT molecular complexity index is 518. The highest BCUT2D eigenvalue weighted by Crippen LogP contribution is 2.22. The van der Waals surface area contributed by atoms with Crippen molar-refractivity contribution in [3.63, 3.8) is 0 Å². The molecule has 0 bridgehead atoms. The predicted molar refractivity (Wildman–Crippen MR) is 93.9 cm³/mol. The molecule has 2 atom stereocenters. The Balaban J connectivity index is 1.98. The van der Waals surface area contributed by atoms with E-state index in [0.29, 0.717) is 16.5 Å². The van der Waals surface area contributed by atoms with E-state index >= 15 is 0 Å². The minimum Gasteiger partial charge on any atom is -0.386 e. The van der Waals surface area contributed by atoms with Gasteiger partial charge < -0.3 is 20.1 Å². The second-order valence-electron chi connectivity index (χ2n) is 5.84. The van der Waals surface area contributed by atoms with E-state index in [-0.39, 0.29) is 6.54 Å². The van der Waals surface area contributed by atoms with Crippen molar-refractivity contribution in [1.29, 1.82) is 0 Å². The molecular weight excluding hydrogens is 314 g/mol. The third-order valence-corrected chi connectivity index (χ3v) is 4.27. The molecule has 2 rings (SSSR count). The molecule has 0 saturated carbocycles. The molecule has 128 valence electrons. The zero-order valence-corrected chi connectivity index (χ0v) is 14.6. The average molecular weight is 340 g/mol. The van der Waals surface area contributed by atoms with Crippen LogP contribution >= 0.6 is 11.6 Å². The number of hydrogen-bond donors (Lipinski definition) is 2. The van der Waals surface area contributed by atoms with Crippen LogP contribution in [0.4, 0.5) is 0 Å². The third-order valence-electron chi connectivity index (χ3n) is 3.93. The number of guanidine groups is 1. The summed E-state index contributed by atoms with van der Waals surface area (Å²) < 4.78 is 5.43. The summed E-state index contributed by atoms with van der Waals surface area (Å²) >= 11 is 6.12. The Hall–Kier alpha value is -1.30. The predicted octanol–water partition coefficient (Wildman–Crippen LogP) is 2.31. The number of aliphatic hydroxyl groups is 1. The summed E-state index contributed by atoms with van der Waals surface area (Å²) in [5.41, 5.74) is 0.709. The Morgan fingerprint density at radius 2 is 2.30 bits per heavy atom. The van der Waals surface area contributed by atoms with Gasteiger partial charge in [-0.1, -0.05) is 29.8 Å². The number of aliphatic hydroxyl groups excluding tert-OH is 1. The van der Waals surface area contributed by atoms with Crippen molar-refractivity contribution in [2.75, 3.05) is 39.9 Å². The molecule has 1 fully saturated rings. The van der Waals surface area contributed by atoms with E-state index in [9.17, 15) is 5.11 Å². The maximum atomic E-state index is 10.3. The first-order valence-corrected chi connectivity index (χ1v) is 8.49. The highest BCUT2D eigenvalue weighted by molar-refractivity contribution is 6.31. The van der Waals surface area contributed by atoms with E-state index in [1.54, 1.807) is 6.07 Å². The highest BCUT2D eigenvalue weighted by Gasteiger charge is 2.19. The zero-order valence-electron chi connectivity index (χ0n) is 13.8. The first-order chi connectivity index (χ1) is 11.1. The SMILES string of the molecule is CCNC(=NCC(O)c1ccccc1Cl)N(C)CC1CCOC1. The minimum atomic E-state index is -0.708. The molecule has 1 aliphatic rings. The lowest BCUT2D eigenvalue weighted by Crippen LogP contribution is -2.41. The Morgan fingerprint density at radius 1 is 1.52 bits per heavy atom. The van der Waals surface area contributed by atoms with Gasteiger partial charge >= 0.3 is 0 Å². The van der Waals surface area contributed by atoms with Gasteiger partial charge in [0.15, 0.2) is 5.96 Å². The largest absolute Gasteiger partial charge is 0.386 e. The Kier molecular flexibility index (Phi) is 7.15. The smallest absolute Gasteiger partial charge is 0.193 e. The van der Waals surface area contributed by atoms with E-state index in [4.69, 9.17) is 16.3 Å². The Labute approximate surface area is 143 Å². The fraction of sp³-hybridized carbons (Fsp3) is 0.588. The minimum absolute atomic E-state index is 0.275. The van der Waals surface area contributed by atoms with Crippen molar-refractivity contribution in [3.8, 4) is 0 Å². The van der Waals surface area contributed by atoms with Crippen LogP contribution in [0, 0.1) is 5.92 Å². The summed E-state index contributed by atoms with van der Waals surface area (Å²) in [5.74, 6) is 1.34. The summed E-state index contributed by atoms with van der Waals surface area (Å²) in [6, 6.07) is 7.32. The van der Waals surface area contributed by atoms with E-state index < -0.39 is 6.10 Å². The molecule has 2 N–H and O–H groups in total. The van der Waals surface area contributed by atoms with Crippen LogP contribution in [0.3, 0.4) is 0 Å². The van der Waals surface area contributed by atoms with Gasteiger partial charge in [-0.25, -0.2) is 0 Å². The molecular formula is C17H26ClN3O2. The molecule has 0 aliphatic carbocycles. The van der Waals surface area contributed by atoms with Crippen LogP contribution in [0.2, 0.25) is 5.02 Å². The number of aliphatic imine (C=N–C) groups is 1. The number of benzene rings is 1. The number of rotatable bonds is 6. The van der Waals surface area contributed by atoms with Crippen molar-refractivity contribution >= 4 is 17.6 Å². The average Bonchev–Trinajstić information content (AvgIpc) is 3.04. The molecule has 0 spiro atoms. The highest BCUT2D eigenvalue weighted by atomic mass is 35.5. The molecule has 0 radical (unpaired) electrons. The topological polar surface area (TPSA) is 57.1 Å². The molecule has 0 aromatic heterocycles. The Morgan fingerprint density at radius 3 is 2.96 bits per heavy atom. The van der Waals surface area contributed by atoms with Crippen molar-refractivity contribution in [2.45, 2.75) is 19.4 Å². The summed E-state index contributed by atoms with van der Waals surface area (Å²) in [4.78, 5) is 6.65. The van der Waals surface area contributed by atoms with Gasteiger partial charge in [-0.15, -0.1) is 0 Å². The number of halogens is 1. The van der Waals surface area contributed by atoms with Gasteiger partial charge in [0.1, 0.15) is 6.10 Å². The van der Waals surface area contributed by atoms with Gasteiger partial charge in [0.05, 0.1) is 13.2 Å². The molecule has 5 nitrogen and oxygen atoms in total. The van der Waals surface area contributed by atoms with Crippen LogP contribution in [-0.2, 0) is 4.74 Å². The van der Waals surface area contributed by atoms with Crippen LogP contribution in [0.1, 0.15) is 25.0 Å². The van der Waals surface area contributed by atoms with Gasteiger partial charge in [0.25, 0.3) is 0 Å². The van der Waals surface area contributed by atoms with Gasteiger partial charge in [-0.2, -0.15) is 0 Å². The summed E-state index contributed by atoms with van der Waals surface area (Å²) in [6.45, 7) is 5.65. The second-order valence-corrected chi connectivity index (χ2v) is 6.25. The third kappa shape index (κ3) is 5.37. The lowest BCUT2D eigenvalue weighted by molar-refractivity contribution is 0.180. The van der Waals surface area contributed by atoms with Crippen molar-refractivity contribution in [2.24, 2.45) is 10.9 Å². The van der Waals surface area contributed by atoms with Crippen LogP contribution in [0.15, 0.2) is 29.3 Å². The summed E-state index contributed by atoms with van der Waals surface area (Å²) in [6.07, 6.45) is 0.381. The van der Waals surface area contributed by atoms with Crippen LogP contribution in [0.25, 0.3) is 0 Å². The quantitative estimate of drug-likeness (QED) is 0.617. The molecule has 23 heavy (non-hydrogen) atoms. The number of nitrogens with zero attached hydrogens (tertiary/aromatic N) is 2. The zero-order chi connectivity index (χ0) is 16.7. The van der Waals surface area contributed by atoms with E-state index in [2.05, 4.69) is 15.2 Å². The molecule has 0 amide bonds. The summed E-state index contributed by atoms with van der Waals surface area (Å²) in [7, 11) is 2.02. The molecule has 1 aliphatic heterocycles. The van der Waals surface area contributed by atoms with E-state index in [1.807, 2.05) is 32.2 Å². The maximum Gasteiger partial charge on any atom is 0.193 e. The van der Waals surface area contributed by atoms with Gasteiger partial charge in [0, 0.05) is 43.2 Å². The number of hydrogen-bond acceptors (Lipinski definition) is 3. The second kappa shape index (κ2) is 9.11. The van der Waals surface area contributed by atoms with Crippen molar-refractivity contribution in [3.05, 3.63) is 34.9 Å². The normalized spacial score (nSPS) is 19.7. The molecule has 1 aromatic rings. The molecule has 1 aromatic carbocycles. The van der Waals surface area contributed by atoms with Gasteiger partial charge in [-0.3, -0.25) is 4.99 Å². The summed E-state index contributed by atoms with van der Waals surface area (Å²) in [5, 5.41) is 14.2. The lowest BCUT2D eigenvalue weighted by Gasteiger charge is -2.25. The lowest BCUT2D eigenvalue weighted by atomic mass is 10.1. The van der Waals surface area contributed by atoms with E-state index in [0.717, 1.165) is 38.7 Å². The molecule has 6 heteroatoms. The van der Waals surface area contributed by atoms with Crippen molar-refractivity contribution < 1.29 is 9.84 Å². The van der Waals surface area contributed by atoms with Gasteiger partial charge in [-0.05, 0) is 19.4 Å². The maximum absolute atomic E-state index is 10.3. The number of nitrogens with one attached hydrogen (secondary N) is 1. The monoisotopic (exact) mass is 339 g/mol. The first-order valence-electron chi connectivity index (χ1n) is 8.11. The molecule has 1 heterocycles. The van der Waals surface area contributed by atoms with Crippen LogP contribution in [-0.4, -0.2) is 55.9 Å². The van der Waals surface area contributed by atoms with Crippen LogP contribution < -0.4 is 5.32 Å². The van der Waals surface area contributed by atoms with Crippen molar-refractivity contribution in [1.82, 2.24) is 10.2 Å². The fourth-order valence-electron chi connectivity index (χ4n) is 2.69. The molecule has 1 saturated heterocycles. The van der Waals surface area contributed by atoms with E-state index in [1.165, 1.54) is 0 Å². The standard InChI is InChI=1S/C17H26ClN3O2/c1-3-19-17(21(2)11-13-8-9-23-12-13)20-10-16(22)14-6-4-5-7-15(14)18/h4-7,13,16,22H,3,8-12H2,1-2H3,(H,19,20). The number of ether oxygens (including phenoxy) is 1. The van der Waals surface area contributed by atoms with Gasteiger partial charge in [0.2, 0.25) is 0 Å². The van der Waals surface area contributed by atoms with Crippen LogP contribution in [0.5, 0.6) is 0 Å².